The van der Waals surface area contributed by atoms with Gasteiger partial charge in [-0.25, -0.2) is 0 Å². The minimum atomic E-state index is -4.53. The number of carbonyl (C=O) groups excluding carboxylic acids is 2. The van der Waals surface area contributed by atoms with Crippen LogP contribution in [0.15, 0.2) is 18.2 Å². The van der Waals surface area contributed by atoms with Gasteiger partial charge >= 0.3 is 6.18 Å². The second kappa shape index (κ2) is 8.79. The van der Waals surface area contributed by atoms with E-state index in [2.05, 4.69) is 16.0 Å². The van der Waals surface area contributed by atoms with Crippen molar-refractivity contribution in [1.29, 1.82) is 0 Å². The molecule has 0 radical (unpaired) electrons. The number of amides is 2. The Labute approximate surface area is 172 Å². The largest absolute Gasteiger partial charge is 0.416 e. The number of hydrogen-bond acceptors (Lipinski definition) is 4. The van der Waals surface area contributed by atoms with E-state index in [1.54, 1.807) is 11.9 Å². The minimum absolute atomic E-state index is 0.0569. The standard InChI is InChI=1S/C19H24ClF3N4O2/c1-24-17(28)14-4-5-25-10-16(14)27-6-2-3-15(18(27)29)26-13-8-11(19(21,22)23)7-12(20)9-13/h7-9,14-16,25-26H,2-6,10H2,1H3,(H,24,28)/t14-,15?,16-/m0/s1. The van der Waals surface area contributed by atoms with E-state index < -0.39 is 17.8 Å². The molecule has 6 nitrogen and oxygen atoms in total. The van der Waals surface area contributed by atoms with Crippen LogP contribution in [0.5, 0.6) is 0 Å². The van der Waals surface area contributed by atoms with Gasteiger partial charge in [-0.05, 0) is 44.0 Å². The molecule has 1 unspecified atom stereocenters. The molecule has 3 rings (SSSR count). The molecule has 0 spiro atoms. The molecule has 2 aliphatic heterocycles. The highest BCUT2D eigenvalue weighted by Crippen LogP contribution is 2.34. The van der Waals surface area contributed by atoms with Gasteiger partial charge < -0.3 is 20.9 Å². The van der Waals surface area contributed by atoms with Crippen LogP contribution >= 0.6 is 11.6 Å². The molecular formula is C19H24ClF3N4O2. The summed E-state index contributed by atoms with van der Waals surface area (Å²) < 4.78 is 39.2. The lowest BCUT2D eigenvalue weighted by molar-refractivity contribution is -0.141. The number of anilines is 1. The van der Waals surface area contributed by atoms with E-state index in [9.17, 15) is 22.8 Å². The highest BCUT2D eigenvalue weighted by atomic mass is 35.5. The Hall–Kier alpha value is -2.00. The maximum absolute atomic E-state index is 13.1. The molecule has 29 heavy (non-hydrogen) atoms. The van der Waals surface area contributed by atoms with E-state index in [0.717, 1.165) is 12.1 Å². The van der Waals surface area contributed by atoms with Gasteiger partial charge in [-0.15, -0.1) is 0 Å². The SMILES string of the molecule is CNC(=O)[C@H]1CCNC[C@@H]1N1CCCC(Nc2cc(Cl)cc(C(F)(F)F)c2)C1=O. The molecule has 160 valence electrons. The number of piperidine rings is 2. The van der Waals surface area contributed by atoms with Crippen molar-refractivity contribution in [2.75, 3.05) is 32.0 Å². The summed E-state index contributed by atoms with van der Waals surface area (Å²) in [6, 6.07) is 2.22. The van der Waals surface area contributed by atoms with Crippen molar-refractivity contribution in [3.8, 4) is 0 Å². The van der Waals surface area contributed by atoms with Crippen LogP contribution in [0.1, 0.15) is 24.8 Å². The van der Waals surface area contributed by atoms with Gasteiger partial charge in [0.05, 0.1) is 17.5 Å². The first-order valence-electron chi connectivity index (χ1n) is 9.58. The third-order valence-electron chi connectivity index (χ3n) is 5.47. The molecular weight excluding hydrogens is 409 g/mol. The van der Waals surface area contributed by atoms with Crippen LogP contribution in [-0.4, -0.2) is 55.5 Å². The van der Waals surface area contributed by atoms with Gasteiger partial charge in [0.15, 0.2) is 0 Å². The number of rotatable bonds is 4. The third-order valence-corrected chi connectivity index (χ3v) is 5.69. The molecule has 2 saturated heterocycles. The summed E-state index contributed by atoms with van der Waals surface area (Å²) in [7, 11) is 1.57. The topological polar surface area (TPSA) is 73.5 Å². The maximum Gasteiger partial charge on any atom is 0.416 e. The maximum atomic E-state index is 13.1. The number of nitrogens with one attached hydrogen (secondary N) is 3. The Morgan fingerprint density at radius 2 is 2.03 bits per heavy atom. The van der Waals surface area contributed by atoms with Crippen molar-refractivity contribution >= 4 is 29.1 Å². The van der Waals surface area contributed by atoms with Crippen LogP contribution < -0.4 is 16.0 Å². The lowest BCUT2D eigenvalue weighted by Crippen LogP contribution is -2.61. The first kappa shape index (κ1) is 21.7. The Bertz CT molecular complexity index is 774. The Balaban J connectivity index is 1.78. The van der Waals surface area contributed by atoms with Gasteiger partial charge in [-0.3, -0.25) is 9.59 Å². The molecule has 3 N–H and O–H groups in total. The van der Waals surface area contributed by atoms with Crippen LogP contribution in [-0.2, 0) is 15.8 Å². The van der Waals surface area contributed by atoms with Crippen LogP contribution in [0, 0.1) is 5.92 Å². The average Bonchev–Trinajstić information content (AvgIpc) is 2.68. The van der Waals surface area contributed by atoms with Crippen molar-refractivity contribution in [1.82, 2.24) is 15.5 Å². The predicted molar refractivity (Wildman–Crippen MR) is 104 cm³/mol. The second-order valence-electron chi connectivity index (χ2n) is 7.38. The zero-order valence-corrected chi connectivity index (χ0v) is 16.7. The van der Waals surface area contributed by atoms with Gasteiger partial charge in [0.25, 0.3) is 0 Å². The summed E-state index contributed by atoms with van der Waals surface area (Å²) in [5.74, 6) is -0.636. The van der Waals surface area contributed by atoms with Crippen molar-refractivity contribution < 1.29 is 22.8 Å². The van der Waals surface area contributed by atoms with Gasteiger partial charge in [-0.1, -0.05) is 11.6 Å². The summed E-state index contributed by atoms with van der Waals surface area (Å²) in [6.45, 7) is 1.72. The number of halogens is 4. The second-order valence-corrected chi connectivity index (χ2v) is 7.81. The van der Waals surface area contributed by atoms with Gasteiger partial charge in [0, 0.05) is 30.8 Å². The number of carbonyl (C=O) groups is 2. The highest BCUT2D eigenvalue weighted by Gasteiger charge is 2.40. The summed E-state index contributed by atoms with van der Waals surface area (Å²) in [5, 5.41) is 8.73. The van der Waals surface area contributed by atoms with E-state index in [-0.39, 0.29) is 34.5 Å². The molecule has 2 amide bonds. The van der Waals surface area contributed by atoms with E-state index in [0.29, 0.717) is 38.9 Å². The zero-order valence-electron chi connectivity index (χ0n) is 16.0. The molecule has 3 atom stereocenters. The molecule has 0 aromatic heterocycles. The number of likely N-dealkylation sites (tertiary alicyclic amines) is 1. The van der Waals surface area contributed by atoms with Gasteiger partial charge in [0.2, 0.25) is 11.8 Å². The summed E-state index contributed by atoms with van der Waals surface area (Å²) >= 11 is 5.84. The van der Waals surface area contributed by atoms with Crippen molar-refractivity contribution in [2.24, 2.45) is 5.92 Å². The molecule has 2 heterocycles. The highest BCUT2D eigenvalue weighted by molar-refractivity contribution is 6.31. The lowest BCUT2D eigenvalue weighted by atomic mass is 9.88. The minimum Gasteiger partial charge on any atom is -0.374 e. The van der Waals surface area contributed by atoms with Crippen LogP contribution in [0.25, 0.3) is 0 Å². The van der Waals surface area contributed by atoms with E-state index in [1.165, 1.54) is 6.07 Å². The number of benzene rings is 1. The molecule has 0 saturated carbocycles. The Kier molecular flexibility index (Phi) is 6.58. The fourth-order valence-corrected chi connectivity index (χ4v) is 4.30. The molecule has 2 aliphatic rings. The smallest absolute Gasteiger partial charge is 0.374 e. The number of nitrogens with zero attached hydrogens (tertiary/aromatic N) is 1. The monoisotopic (exact) mass is 432 g/mol. The first-order valence-corrected chi connectivity index (χ1v) is 9.95. The fraction of sp³-hybridized carbons (Fsp3) is 0.579. The summed E-state index contributed by atoms with van der Waals surface area (Å²) in [6.07, 6.45) is -2.73. The zero-order chi connectivity index (χ0) is 21.2. The molecule has 1 aromatic rings. The fourth-order valence-electron chi connectivity index (χ4n) is 4.06. The van der Waals surface area contributed by atoms with Gasteiger partial charge in [-0.2, -0.15) is 13.2 Å². The predicted octanol–water partition coefficient (Wildman–Crippen LogP) is 2.49. The van der Waals surface area contributed by atoms with Crippen LogP contribution in [0.2, 0.25) is 5.02 Å². The van der Waals surface area contributed by atoms with Crippen LogP contribution in [0.3, 0.4) is 0 Å². The van der Waals surface area contributed by atoms with Crippen molar-refractivity contribution in [3.63, 3.8) is 0 Å². The quantitative estimate of drug-likeness (QED) is 0.683. The normalized spacial score (nSPS) is 25.6. The van der Waals surface area contributed by atoms with Gasteiger partial charge in [0.1, 0.15) is 6.04 Å². The molecule has 2 fully saturated rings. The molecule has 0 bridgehead atoms. The van der Waals surface area contributed by atoms with Crippen molar-refractivity contribution in [3.05, 3.63) is 28.8 Å². The summed E-state index contributed by atoms with van der Waals surface area (Å²) in [4.78, 5) is 27.0. The van der Waals surface area contributed by atoms with E-state index in [4.69, 9.17) is 11.6 Å². The molecule has 0 aliphatic carbocycles. The average molecular weight is 433 g/mol. The molecule has 10 heteroatoms. The third kappa shape index (κ3) is 4.95. The number of alkyl halides is 3. The molecule has 1 aromatic carbocycles. The van der Waals surface area contributed by atoms with E-state index >= 15 is 0 Å². The van der Waals surface area contributed by atoms with Crippen molar-refractivity contribution in [2.45, 2.75) is 37.5 Å². The lowest BCUT2D eigenvalue weighted by Gasteiger charge is -2.43. The Morgan fingerprint density at radius 3 is 2.72 bits per heavy atom. The van der Waals surface area contributed by atoms with E-state index in [1.807, 2.05) is 0 Å². The number of hydrogen-bond donors (Lipinski definition) is 3. The summed E-state index contributed by atoms with van der Waals surface area (Å²) in [5.41, 5.74) is -0.724. The van der Waals surface area contributed by atoms with Crippen LogP contribution in [0.4, 0.5) is 18.9 Å². The first-order chi connectivity index (χ1) is 13.7. The Morgan fingerprint density at radius 1 is 1.28 bits per heavy atom.